The van der Waals surface area contributed by atoms with E-state index in [-0.39, 0.29) is 22.7 Å². The highest BCUT2D eigenvalue weighted by Gasteiger charge is 2.63. The van der Waals surface area contributed by atoms with Gasteiger partial charge in [0.1, 0.15) is 5.57 Å². The van der Waals surface area contributed by atoms with Crippen molar-refractivity contribution in [2.24, 2.45) is 5.41 Å². The normalized spacial score (nSPS) is 23.3. The van der Waals surface area contributed by atoms with E-state index in [0.717, 1.165) is 26.8 Å². The monoisotopic (exact) mass is 561 g/mol. The third-order valence-corrected chi connectivity index (χ3v) is 8.48. The van der Waals surface area contributed by atoms with Gasteiger partial charge in [-0.25, -0.2) is 14.5 Å². The molecule has 0 bridgehead atoms. The van der Waals surface area contributed by atoms with Crippen molar-refractivity contribution in [2.45, 2.75) is 25.3 Å². The maximum absolute atomic E-state index is 13.6. The van der Waals surface area contributed by atoms with Crippen LogP contribution in [0, 0.1) is 5.41 Å². The summed E-state index contributed by atoms with van der Waals surface area (Å²) in [6, 6.07) is 9.61. The maximum atomic E-state index is 13.6. The Morgan fingerprint density at radius 1 is 0.950 bits per heavy atom. The molecule has 4 aliphatic heterocycles. The number of nitrogens with zero attached hydrogens (tertiary/aromatic N) is 4. The summed E-state index contributed by atoms with van der Waals surface area (Å²) >= 11 is 6.21. The smallest absolute Gasteiger partial charge is 0.335 e. The van der Waals surface area contributed by atoms with Crippen LogP contribution in [-0.4, -0.2) is 72.2 Å². The average Bonchev–Trinajstić information content (AvgIpc) is 3.44. The largest absolute Gasteiger partial charge is 0.367 e. The molecule has 1 N–H and O–H groups in total. The topological polar surface area (TPSA) is 127 Å². The van der Waals surface area contributed by atoms with Crippen molar-refractivity contribution in [1.82, 2.24) is 15.1 Å². The summed E-state index contributed by atoms with van der Waals surface area (Å²) < 4.78 is 0. The van der Waals surface area contributed by atoms with Crippen LogP contribution in [0.4, 0.5) is 21.0 Å². The lowest BCUT2D eigenvalue weighted by molar-refractivity contribution is -0.159. The minimum atomic E-state index is -1.47. The molecular weight excluding hydrogens is 538 g/mol. The van der Waals surface area contributed by atoms with E-state index in [0.29, 0.717) is 24.1 Å². The first-order valence-electron chi connectivity index (χ1n) is 12.7. The number of hydrogen-bond acceptors (Lipinski definition) is 7. The van der Waals surface area contributed by atoms with Crippen molar-refractivity contribution >= 4 is 64.7 Å². The zero-order chi connectivity index (χ0) is 28.5. The van der Waals surface area contributed by atoms with Gasteiger partial charge in [-0.3, -0.25) is 34.3 Å². The van der Waals surface area contributed by atoms with Gasteiger partial charge in [-0.1, -0.05) is 29.8 Å². The van der Waals surface area contributed by atoms with Gasteiger partial charge in [0.2, 0.25) is 11.8 Å². The molecule has 4 heterocycles. The molecule has 2 aromatic carbocycles. The Bertz CT molecular complexity index is 1560. The minimum absolute atomic E-state index is 0.0600. The number of urea groups is 2. The zero-order valence-corrected chi connectivity index (χ0v) is 22.4. The molecule has 3 saturated heterocycles. The molecule has 204 valence electrons. The van der Waals surface area contributed by atoms with E-state index in [4.69, 9.17) is 11.6 Å². The standard InChI is InChI=1S/C28H24ClN5O6/c1-31-24(37)28(25(38)32(2)27(31)40)14-16-12-15(9-10-19(16)33-11-5-8-21(28)33)13-17-22(35)30-26(39)34(23(17)36)20-7-4-3-6-18(20)29/h3-4,6-7,9-10,12-13,21H,5,8,11,14H2,1-2H3,(H,30,35,39). The first-order valence-corrected chi connectivity index (χ1v) is 13.1. The fourth-order valence-electron chi connectivity index (χ4n) is 6.30. The Morgan fingerprint density at radius 2 is 1.65 bits per heavy atom. The number of barbiturate groups is 2. The van der Waals surface area contributed by atoms with E-state index in [1.807, 2.05) is 11.0 Å². The summed E-state index contributed by atoms with van der Waals surface area (Å²) in [5.41, 5.74) is 0.372. The first-order chi connectivity index (χ1) is 19.1. The second-order valence-electron chi connectivity index (χ2n) is 10.3. The lowest BCUT2D eigenvalue weighted by Gasteiger charge is -2.50. The fraction of sp³-hybridized carbons (Fsp3) is 0.286. The summed E-state index contributed by atoms with van der Waals surface area (Å²) in [7, 11) is 2.76. The molecule has 2 aromatic rings. The van der Waals surface area contributed by atoms with E-state index in [1.54, 1.807) is 24.3 Å². The van der Waals surface area contributed by atoms with Crippen molar-refractivity contribution in [1.29, 1.82) is 0 Å². The number of fused-ring (bicyclic) bond motifs is 4. The van der Waals surface area contributed by atoms with Gasteiger partial charge >= 0.3 is 12.1 Å². The number of imide groups is 4. The summed E-state index contributed by atoms with van der Waals surface area (Å²) in [5, 5.41) is 2.34. The van der Waals surface area contributed by atoms with Crippen molar-refractivity contribution < 1.29 is 28.8 Å². The van der Waals surface area contributed by atoms with E-state index in [1.165, 1.54) is 32.3 Å². The molecule has 1 spiro atoms. The lowest BCUT2D eigenvalue weighted by atomic mass is 9.68. The maximum Gasteiger partial charge on any atom is 0.335 e. The highest BCUT2D eigenvalue weighted by molar-refractivity contribution is 6.42. The van der Waals surface area contributed by atoms with Crippen LogP contribution in [0.3, 0.4) is 0 Å². The third kappa shape index (κ3) is 3.50. The molecule has 11 nitrogen and oxygen atoms in total. The van der Waals surface area contributed by atoms with E-state index >= 15 is 0 Å². The Morgan fingerprint density at radius 3 is 2.35 bits per heavy atom. The molecular formula is C28H24ClN5O6. The van der Waals surface area contributed by atoms with Crippen LogP contribution in [0.5, 0.6) is 0 Å². The molecule has 0 radical (unpaired) electrons. The van der Waals surface area contributed by atoms with Gasteiger partial charge in [0.15, 0.2) is 5.41 Å². The quantitative estimate of drug-likeness (QED) is 0.339. The molecule has 40 heavy (non-hydrogen) atoms. The number of rotatable bonds is 2. The first kappa shape index (κ1) is 25.8. The summed E-state index contributed by atoms with van der Waals surface area (Å²) in [5.74, 6) is -2.77. The van der Waals surface area contributed by atoms with Gasteiger partial charge in [0, 0.05) is 26.3 Å². The van der Waals surface area contributed by atoms with E-state index in [9.17, 15) is 28.8 Å². The Hall–Kier alpha value is -4.51. The number of para-hydroxylation sites is 1. The van der Waals surface area contributed by atoms with Gasteiger partial charge in [0.25, 0.3) is 11.8 Å². The van der Waals surface area contributed by atoms with Crippen molar-refractivity contribution in [2.75, 3.05) is 30.4 Å². The van der Waals surface area contributed by atoms with Crippen LogP contribution in [0.1, 0.15) is 24.0 Å². The molecule has 1 atom stereocenters. The summed E-state index contributed by atoms with van der Waals surface area (Å²) in [6.07, 6.45) is 2.83. The predicted octanol–water partition coefficient (Wildman–Crippen LogP) is 2.57. The number of benzene rings is 2. The number of carbonyl (C=O) groups excluding carboxylic acids is 6. The van der Waals surface area contributed by atoms with Crippen LogP contribution in [-0.2, 0) is 25.6 Å². The molecule has 0 aliphatic carbocycles. The Kier molecular flexibility index (Phi) is 5.81. The van der Waals surface area contributed by atoms with Gasteiger partial charge < -0.3 is 4.90 Å². The number of amides is 8. The second-order valence-corrected chi connectivity index (χ2v) is 10.7. The molecule has 1 unspecified atom stereocenters. The Labute approximate surface area is 233 Å². The number of carbonyl (C=O) groups is 6. The van der Waals surface area contributed by atoms with Gasteiger partial charge in [-0.15, -0.1) is 0 Å². The number of anilines is 2. The van der Waals surface area contributed by atoms with Crippen LogP contribution in [0.25, 0.3) is 6.08 Å². The summed E-state index contributed by atoms with van der Waals surface area (Å²) in [6.45, 7) is 0.636. The number of halogens is 1. The number of hydrogen-bond donors (Lipinski definition) is 1. The van der Waals surface area contributed by atoms with Gasteiger partial charge in [-0.2, -0.15) is 0 Å². The molecule has 6 rings (SSSR count). The SMILES string of the molecule is CN1C(=O)N(C)C(=O)C2(Cc3cc(C=C4C(=O)NC(=O)N(c5ccccc5Cl)C4=O)ccc3N3CCCC32)C1=O. The molecule has 0 aromatic heterocycles. The summed E-state index contributed by atoms with van der Waals surface area (Å²) in [4.78, 5) is 83.2. The number of nitrogens with one attached hydrogen (secondary N) is 1. The Balaban J connectivity index is 1.42. The van der Waals surface area contributed by atoms with Gasteiger partial charge in [0.05, 0.1) is 16.8 Å². The predicted molar refractivity (Wildman–Crippen MR) is 144 cm³/mol. The van der Waals surface area contributed by atoms with Crippen molar-refractivity contribution in [3.05, 3.63) is 64.2 Å². The van der Waals surface area contributed by atoms with Crippen LogP contribution >= 0.6 is 11.6 Å². The van der Waals surface area contributed by atoms with Crippen molar-refractivity contribution in [3.8, 4) is 0 Å². The molecule has 12 heteroatoms. The molecule has 8 amide bonds. The zero-order valence-electron chi connectivity index (χ0n) is 21.6. The van der Waals surface area contributed by atoms with Crippen LogP contribution < -0.4 is 15.1 Å². The second kappa shape index (κ2) is 9.02. The molecule has 3 fully saturated rings. The highest BCUT2D eigenvalue weighted by atomic mass is 35.5. The van der Waals surface area contributed by atoms with Crippen LogP contribution in [0.15, 0.2) is 48.0 Å². The third-order valence-electron chi connectivity index (χ3n) is 8.16. The average molecular weight is 562 g/mol. The van der Waals surface area contributed by atoms with Crippen molar-refractivity contribution in [3.63, 3.8) is 0 Å². The minimum Gasteiger partial charge on any atom is -0.367 e. The fourth-order valence-corrected chi connectivity index (χ4v) is 6.52. The molecule has 0 saturated carbocycles. The highest BCUT2D eigenvalue weighted by Crippen LogP contribution is 2.49. The van der Waals surface area contributed by atoms with E-state index < -0.39 is 47.1 Å². The lowest BCUT2D eigenvalue weighted by Crippen LogP contribution is -2.70. The van der Waals surface area contributed by atoms with E-state index in [2.05, 4.69) is 5.32 Å². The molecule has 4 aliphatic rings. The van der Waals surface area contributed by atoms with Crippen LogP contribution in [0.2, 0.25) is 5.02 Å². The van der Waals surface area contributed by atoms with Gasteiger partial charge in [-0.05, 0) is 60.7 Å².